The van der Waals surface area contributed by atoms with E-state index in [0.717, 1.165) is 5.00 Å². The van der Waals surface area contributed by atoms with E-state index in [1.54, 1.807) is 11.3 Å². The number of hydrogen-bond acceptors (Lipinski definition) is 2. The van der Waals surface area contributed by atoms with Gasteiger partial charge in [0.1, 0.15) is 0 Å². The Bertz CT molecular complexity index is 195. The van der Waals surface area contributed by atoms with Crippen molar-refractivity contribution in [2.24, 2.45) is 0 Å². The number of hydrogen-bond donors (Lipinski definition) is 1. The van der Waals surface area contributed by atoms with Crippen LogP contribution in [0.1, 0.15) is 25.3 Å². The lowest BCUT2D eigenvalue weighted by molar-refractivity contribution is 0.875. The molecule has 1 aromatic heterocycles. The smallest absolute Gasteiger partial charge is 0.0891 e. The molecule has 3 heteroatoms. The van der Waals surface area contributed by atoms with Gasteiger partial charge in [-0.1, -0.05) is 13.8 Å². The third-order valence-electron chi connectivity index (χ3n) is 1.35. The summed E-state index contributed by atoms with van der Waals surface area (Å²) in [7, 11) is 0. The van der Waals surface area contributed by atoms with Gasteiger partial charge in [-0.15, -0.1) is 23.7 Å². The quantitative estimate of drug-likeness (QED) is 0.702. The Hall–Kier alpha value is -0.210. The van der Waals surface area contributed by atoms with Crippen molar-refractivity contribution in [3.8, 4) is 0 Å². The van der Waals surface area contributed by atoms with Crippen LogP contribution < -0.4 is 5.73 Å². The van der Waals surface area contributed by atoms with Crippen molar-refractivity contribution in [3.63, 3.8) is 0 Å². The van der Waals surface area contributed by atoms with Crippen molar-refractivity contribution in [1.82, 2.24) is 0 Å². The summed E-state index contributed by atoms with van der Waals surface area (Å²) in [6.45, 7) is 4.30. The Morgan fingerprint density at radius 3 is 2.30 bits per heavy atom. The Labute approximate surface area is 71.7 Å². The minimum atomic E-state index is 0. The third-order valence-corrected chi connectivity index (χ3v) is 2.11. The van der Waals surface area contributed by atoms with Crippen molar-refractivity contribution in [1.29, 1.82) is 0 Å². The van der Waals surface area contributed by atoms with Crippen LogP contribution in [0, 0.1) is 0 Å². The van der Waals surface area contributed by atoms with Crippen LogP contribution in [-0.2, 0) is 0 Å². The highest BCUT2D eigenvalue weighted by Gasteiger charge is 2.02. The lowest BCUT2D eigenvalue weighted by Gasteiger charge is -2.00. The first-order chi connectivity index (χ1) is 4.22. The van der Waals surface area contributed by atoms with Crippen LogP contribution in [0.3, 0.4) is 0 Å². The van der Waals surface area contributed by atoms with E-state index in [-0.39, 0.29) is 12.4 Å². The summed E-state index contributed by atoms with van der Waals surface area (Å²) in [5.74, 6) is 0.566. The largest absolute Gasteiger partial charge is 0.390 e. The lowest BCUT2D eigenvalue weighted by Crippen LogP contribution is -1.89. The molecule has 0 aliphatic rings. The second-order valence-electron chi connectivity index (χ2n) is 2.39. The van der Waals surface area contributed by atoms with Crippen molar-refractivity contribution >= 4 is 28.7 Å². The molecule has 0 bridgehead atoms. The number of thiophene rings is 1. The van der Waals surface area contributed by atoms with E-state index < -0.39 is 0 Å². The second kappa shape index (κ2) is 3.84. The van der Waals surface area contributed by atoms with Gasteiger partial charge in [0.15, 0.2) is 0 Å². The molecule has 0 atom stereocenters. The fourth-order valence-corrected chi connectivity index (χ4v) is 1.61. The molecule has 0 aliphatic heterocycles. The maximum Gasteiger partial charge on any atom is 0.0891 e. The molecular formula is C7H12ClNS. The monoisotopic (exact) mass is 177 g/mol. The predicted molar refractivity (Wildman–Crippen MR) is 50.1 cm³/mol. The maximum absolute atomic E-state index is 5.66. The zero-order valence-corrected chi connectivity index (χ0v) is 7.76. The molecule has 1 heterocycles. The van der Waals surface area contributed by atoms with E-state index in [2.05, 4.69) is 19.9 Å². The molecule has 1 aromatic rings. The first-order valence-corrected chi connectivity index (χ1v) is 3.92. The topological polar surface area (TPSA) is 26.0 Å². The van der Waals surface area contributed by atoms with E-state index in [1.807, 2.05) is 5.38 Å². The van der Waals surface area contributed by atoms with Crippen molar-refractivity contribution < 1.29 is 0 Å². The summed E-state index contributed by atoms with van der Waals surface area (Å²) in [6, 6.07) is 2.09. The molecule has 1 nitrogen and oxygen atoms in total. The SMILES string of the molecule is CC(C)c1ccsc1N.Cl. The summed E-state index contributed by atoms with van der Waals surface area (Å²) in [5, 5.41) is 3.00. The molecule has 1 rings (SSSR count). The molecule has 0 amide bonds. The van der Waals surface area contributed by atoms with Crippen molar-refractivity contribution in [2.75, 3.05) is 5.73 Å². The number of anilines is 1. The Balaban J connectivity index is 0.000000810. The van der Waals surface area contributed by atoms with E-state index in [9.17, 15) is 0 Å². The third kappa shape index (κ3) is 1.89. The summed E-state index contributed by atoms with van der Waals surface area (Å²) in [6.07, 6.45) is 0. The van der Waals surface area contributed by atoms with Gasteiger partial charge in [-0.05, 0) is 22.9 Å². The summed E-state index contributed by atoms with van der Waals surface area (Å²) in [4.78, 5) is 0. The van der Waals surface area contributed by atoms with Gasteiger partial charge in [-0.3, -0.25) is 0 Å². The molecular weight excluding hydrogens is 166 g/mol. The van der Waals surface area contributed by atoms with E-state index >= 15 is 0 Å². The van der Waals surface area contributed by atoms with Gasteiger partial charge in [0.2, 0.25) is 0 Å². The summed E-state index contributed by atoms with van der Waals surface area (Å²) < 4.78 is 0. The fourth-order valence-electron chi connectivity index (χ4n) is 0.808. The van der Waals surface area contributed by atoms with Crippen molar-refractivity contribution in [3.05, 3.63) is 17.0 Å². The highest BCUT2D eigenvalue weighted by atomic mass is 35.5. The Morgan fingerprint density at radius 2 is 2.10 bits per heavy atom. The molecule has 10 heavy (non-hydrogen) atoms. The van der Waals surface area contributed by atoms with Crippen molar-refractivity contribution in [2.45, 2.75) is 19.8 Å². The number of halogens is 1. The number of nitrogen functional groups attached to an aromatic ring is 1. The normalized spacial score (nSPS) is 9.50. The van der Waals surface area contributed by atoms with Crippen LogP contribution in [0.15, 0.2) is 11.4 Å². The zero-order valence-electron chi connectivity index (χ0n) is 6.13. The molecule has 0 saturated carbocycles. The second-order valence-corrected chi connectivity index (χ2v) is 3.34. The van der Waals surface area contributed by atoms with E-state index in [0.29, 0.717) is 5.92 Å². The standard InChI is InChI=1S/C7H11NS.ClH/c1-5(2)6-3-4-9-7(6)8;/h3-5H,8H2,1-2H3;1H. The molecule has 58 valence electrons. The number of nitrogens with two attached hydrogens (primary N) is 1. The lowest BCUT2D eigenvalue weighted by atomic mass is 10.1. The average Bonchev–Trinajstić information content (AvgIpc) is 2.13. The molecule has 0 spiro atoms. The van der Waals surface area contributed by atoms with Gasteiger partial charge in [0.25, 0.3) is 0 Å². The molecule has 0 radical (unpaired) electrons. The minimum absolute atomic E-state index is 0. The molecule has 0 aliphatic carbocycles. The van der Waals surface area contributed by atoms with Gasteiger partial charge in [-0.25, -0.2) is 0 Å². The summed E-state index contributed by atoms with van der Waals surface area (Å²) >= 11 is 1.61. The molecule has 0 unspecified atom stereocenters. The van der Waals surface area contributed by atoms with Crippen LogP contribution in [0.2, 0.25) is 0 Å². The predicted octanol–water partition coefficient (Wildman–Crippen LogP) is 2.88. The van der Waals surface area contributed by atoms with Gasteiger partial charge in [0, 0.05) is 0 Å². The maximum atomic E-state index is 5.66. The van der Waals surface area contributed by atoms with Gasteiger partial charge in [0.05, 0.1) is 5.00 Å². The van der Waals surface area contributed by atoms with Crippen LogP contribution >= 0.6 is 23.7 Å². The first kappa shape index (κ1) is 9.79. The Morgan fingerprint density at radius 1 is 1.50 bits per heavy atom. The van der Waals surface area contributed by atoms with Crippen LogP contribution in [0.4, 0.5) is 5.00 Å². The highest BCUT2D eigenvalue weighted by molar-refractivity contribution is 7.14. The minimum Gasteiger partial charge on any atom is -0.390 e. The molecule has 0 fully saturated rings. The number of rotatable bonds is 1. The van der Waals surface area contributed by atoms with Crippen LogP contribution in [0.5, 0.6) is 0 Å². The first-order valence-electron chi connectivity index (χ1n) is 3.04. The highest BCUT2D eigenvalue weighted by Crippen LogP contribution is 2.26. The summed E-state index contributed by atoms with van der Waals surface area (Å²) in [5.41, 5.74) is 6.94. The average molecular weight is 178 g/mol. The Kier molecular flexibility index (Phi) is 3.76. The zero-order chi connectivity index (χ0) is 6.85. The van der Waals surface area contributed by atoms with E-state index in [1.165, 1.54) is 5.56 Å². The van der Waals surface area contributed by atoms with Crippen LogP contribution in [0.25, 0.3) is 0 Å². The molecule has 2 N–H and O–H groups in total. The van der Waals surface area contributed by atoms with E-state index in [4.69, 9.17) is 5.73 Å². The molecule has 0 saturated heterocycles. The van der Waals surface area contributed by atoms with Gasteiger partial charge in [-0.2, -0.15) is 0 Å². The van der Waals surface area contributed by atoms with Crippen LogP contribution in [-0.4, -0.2) is 0 Å². The van der Waals surface area contributed by atoms with Gasteiger partial charge < -0.3 is 5.73 Å². The fraction of sp³-hybridized carbons (Fsp3) is 0.429. The van der Waals surface area contributed by atoms with Gasteiger partial charge >= 0.3 is 0 Å². The molecule has 0 aromatic carbocycles.